The number of rotatable bonds is 3. The van der Waals surface area contributed by atoms with Gasteiger partial charge >= 0.3 is 0 Å². The smallest absolute Gasteiger partial charge is 0.245 e. The van der Waals surface area contributed by atoms with Gasteiger partial charge in [-0.05, 0) is 38.5 Å². The van der Waals surface area contributed by atoms with E-state index < -0.39 is 10.0 Å². The van der Waals surface area contributed by atoms with Crippen molar-refractivity contribution in [3.05, 3.63) is 30.6 Å². The highest BCUT2D eigenvalue weighted by atomic mass is 32.2. The number of nitrogen functional groups attached to an aromatic ring is 1. The highest BCUT2D eigenvalue weighted by Gasteiger charge is 2.44. The second-order valence-corrected chi connectivity index (χ2v) is 8.45. The lowest BCUT2D eigenvalue weighted by atomic mass is 9.93. The standard InChI is InChI=1S/C15H17N7O2S/c1-15(2)5-6-21(15)25(23,24)11-7-10(8-17-9-11)12-3-4-13-18-14(16)20-22(13)19-12/h3-4,7-9H,5-6H2,1-2H3,(H2,16,20). The number of hydrogen-bond donors (Lipinski definition) is 1. The zero-order valence-corrected chi connectivity index (χ0v) is 14.6. The molecule has 3 aromatic heterocycles. The van der Waals surface area contributed by atoms with E-state index in [-0.39, 0.29) is 16.4 Å². The first kappa shape index (κ1) is 15.9. The first-order valence-corrected chi connectivity index (χ1v) is 9.19. The number of anilines is 1. The van der Waals surface area contributed by atoms with Crippen molar-refractivity contribution in [3.63, 3.8) is 0 Å². The lowest BCUT2D eigenvalue weighted by Gasteiger charge is -2.46. The fourth-order valence-corrected chi connectivity index (χ4v) is 4.67. The van der Waals surface area contributed by atoms with Crippen LogP contribution in [0.25, 0.3) is 16.9 Å². The van der Waals surface area contributed by atoms with E-state index >= 15 is 0 Å². The molecule has 1 saturated heterocycles. The van der Waals surface area contributed by atoms with Crippen LogP contribution in [-0.4, -0.2) is 49.6 Å². The Hall–Kier alpha value is -2.59. The van der Waals surface area contributed by atoms with Crippen molar-refractivity contribution in [2.24, 2.45) is 0 Å². The molecule has 0 bridgehead atoms. The molecule has 0 aliphatic carbocycles. The lowest BCUT2D eigenvalue weighted by Crippen LogP contribution is -2.58. The summed E-state index contributed by atoms with van der Waals surface area (Å²) < 4.78 is 28.5. The van der Waals surface area contributed by atoms with Gasteiger partial charge in [0.15, 0.2) is 5.65 Å². The van der Waals surface area contributed by atoms with E-state index in [9.17, 15) is 8.42 Å². The van der Waals surface area contributed by atoms with Crippen LogP contribution in [0.15, 0.2) is 35.5 Å². The van der Waals surface area contributed by atoms with Crippen LogP contribution in [0.4, 0.5) is 5.95 Å². The van der Waals surface area contributed by atoms with Gasteiger partial charge in [0.05, 0.1) is 5.69 Å². The van der Waals surface area contributed by atoms with Crippen LogP contribution < -0.4 is 5.73 Å². The molecule has 1 fully saturated rings. The quantitative estimate of drug-likeness (QED) is 0.739. The monoisotopic (exact) mass is 359 g/mol. The van der Waals surface area contributed by atoms with Crippen LogP contribution in [0.1, 0.15) is 20.3 Å². The second kappa shape index (κ2) is 5.20. The molecule has 1 aliphatic heterocycles. The van der Waals surface area contributed by atoms with Gasteiger partial charge in [0.2, 0.25) is 16.0 Å². The molecule has 0 aromatic carbocycles. The normalized spacial score (nSPS) is 17.5. The van der Waals surface area contributed by atoms with Crippen molar-refractivity contribution in [3.8, 4) is 11.3 Å². The number of nitrogens with zero attached hydrogens (tertiary/aromatic N) is 6. The van der Waals surface area contributed by atoms with Crippen molar-refractivity contribution < 1.29 is 8.42 Å². The lowest BCUT2D eigenvalue weighted by molar-refractivity contribution is 0.110. The van der Waals surface area contributed by atoms with Crippen LogP contribution in [0.3, 0.4) is 0 Å². The van der Waals surface area contributed by atoms with Crippen molar-refractivity contribution >= 4 is 21.6 Å². The number of aromatic nitrogens is 5. The zero-order valence-electron chi connectivity index (χ0n) is 13.8. The molecule has 4 heterocycles. The van der Waals surface area contributed by atoms with E-state index in [2.05, 4.69) is 20.2 Å². The van der Waals surface area contributed by atoms with Crippen molar-refractivity contribution in [1.29, 1.82) is 0 Å². The van der Waals surface area contributed by atoms with Gasteiger partial charge < -0.3 is 5.73 Å². The van der Waals surface area contributed by atoms with Crippen molar-refractivity contribution in [1.82, 2.24) is 29.1 Å². The minimum Gasteiger partial charge on any atom is -0.366 e. The van der Waals surface area contributed by atoms with E-state index in [4.69, 9.17) is 5.73 Å². The van der Waals surface area contributed by atoms with Gasteiger partial charge in [-0.1, -0.05) is 0 Å². The predicted molar refractivity (Wildman–Crippen MR) is 91.0 cm³/mol. The first-order valence-electron chi connectivity index (χ1n) is 7.75. The molecule has 1 aliphatic rings. The molecule has 0 amide bonds. The fraction of sp³-hybridized carbons (Fsp3) is 0.333. The Morgan fingerprint density at radius 2 is 2.00 bits per heavy atom. The summed E-state index contributed by atoms with van der Waals surface area (Å²) in [4.78, 5) is 8.25. The van der Waals surface area contributed by atoms with E-state index in [0.29, 0.717) is 23.4 Å². The summed E-state index contributed by atoms with van der Waals surface area (Å²) in [5, 5.41) is 8.28. The Morgan fingerprint density at radius 1 is 1.20 bits per heavy atom. The van der Waals surface area contributed by atoms with E-state index in [1.165, 1.54) is 15.1 Å². The third-order valence-electron chi connectivity index (χ3n) is 4.42. The molecule has 0 radical (unpaired) electrons. The molecule has 0 saturated carbocycles. The van der Waals surface area contributed by atoms with E-state index in [1.54, 1.807) is 24.4 Å². The largest absolute Gasteiger partial charge is 0.366 e. The zero-order chi connectivity index (χ0) is 17.8. The Balaban J connectivity index is 1.76. The molecule has 130 valence electrons. The summed E-state index contributed by atoms with van der Waals surface area (Å²) in [5.74, 6) is 0.124. The molecule has 10 heteroatoms. The maximum atomic E-state index is 12.9. The van der Waals surface area contributed by atoms with Crippen LogP contribution in [-0.2, 0) is 10.0 Å². The van der Waals surface area contributed by atoms with E-state index in [0.717, 1.165) is 6.42 Å². The molecule has 9 nitrogen and oxygen atoms in total. The molecule has 0 spiro atoms. The molecular weight excluding hydrogens is 342 g/mol. The third-order valence-corrected chi connectivity index (χ3v) is 6.50. The first-order chi connectivity index (χ1) is 11.8. The predicted octanol–water partition coefficient (Wildman–Crippen LogP) is 0.941. The number of hydrogen-bond acceptors (Lipinski definition) is 7. The fourth-order valence-electron chi connectivity index (χ4n) is 2.88. The molecule has 0 atom stereocenters. The summed E-state index contributed by atoms with van der Waals surface area (Å²) in [5.41, 5.74) is 6.82. The number of nitrogens with two attached hydrogens (primary N) is 1. The maximum absolute atomic E-state index is 12.9. The number of fused-ring (bicyclic) bond motifs is 1. The third kappa shape index (κ3) is 2.53. The van der Waals surface area contributed by atoms with Crippen LogP contribution in [0, 0.1) is 0 Å². The molecule has 2 N–H and O–H groups in total. The topological polar surface area (TPSA) is 119 Å². The van der Waals surface area contributed by atoms with Crippen molar-refractivity contribution in [2.45, 2.75) is 30.7 Å². The van der Waals surface area contributed by atoms with Crippen LogP contribution in [0.2, 0.25) is 0 Å². The van der Waals surface area contributed by atoms with Gasteiger partial charge in [0.25, 0.3) is 0 Å². The Labute approximate surface area is 144 Å². The number of pyridine rings is 1. The van der Waals surface area contributed by atoms with Crippen LogP contribution >= 0.6 is 0 Å². The Kier molecular flexibility index (Phi) is 3.31. The average Bonchev–Trinajstić information content (AvgIpc) is 2.92. The minimum atomic E-state index is -3.59. The van der Waals surface area contributed by atoms with E-state index in [1.807, 2.05) is 13.8 Å². The van der Waals surface area contributed by atoms with Gasteiger partial charge in [-0.2, -0.15) is 9.29 Å². The SMILES string of the molecule is CC1(C)CCN1S(=O)(=O)c1cncc(-c2ccc3nc(N)nn3n2)c1. The molecule has 0 unspecified atom stereocenters. The van der Waals surface area contributed by atoms with Gasteiger partial charge in [0.1, 0.15) is 4.90 Å². The minimum absolute atomic E-state index is 0.124. The number of sulfonamides is 1. The molecule has 4 rings (SSSR count). The second-order valence-electron chi connectivity index (χ2n) is 6.59. The Morgan fingerprint density at radius 3 is 2.68 bits per heavy atom. The summed E-state index contributed by atoms with van der Waals surface area (Å²) in [6.45, 7) is 4.34. The van der Waals surface area contributed by atoms with Gasteiger partial charge in [0, 0.05) is 30.0 Å². The highest BCUT2D eigenvalue weighted by Crippen LogP contribution is 2.35. The summed E-state index contributed by atoms with van der Waals surface area (Å²) in [6.07, 6.45) is 3.76. The van der Waals surface area contributed by atoms with Gasteiger partial charge in [-0.15, -0.1) is 14.8 Å². The summed E-state index contributed by atoms with van der Waals surface area (Å²) >= 11 is 0. The maximum Gasteiger partial charge on any atom is 0.245 e. The molecule has 3 aromatic rings. The molecule has 25 heavy (non-hydrogen) atoms. The average molecular weight is 359 g/mol. The Bertz CT molecular complexity index is 1070. The van der Waals surface area contributed by atoms with Gasteiger partial charge in [-0.3, -0.25) is 4.98 Å². The van der Waals surface area contributed by atoms with Crippen molar-refractivity contribution in [2.75, 3.05) is 12.3 Å². The summed E-state index contributed by atoms with van der Waals surface area (Å²) in [6, 6.07) is 5.01. The molecular formula is C15H17N7O2S. The van der Waals surface area contributed by atoms with Crippen LogP contribution in [0.5, 0.6) is 0 Å². The highest BCUT2D eigenvalue weighted by molar-refractivity contribution is 7.89. The summed E-state index contributed by atoms with van der Waals surface area (Å²) in [7, 11) is -3.59. The van der Waals surface area contributed by atoms with Gasteiger partial charge in [-0.25, -0.2) is 8.42 Å².